The average molecular weight is 326 g/mol. The highest BCUT2D eigenvalue weighted by molar-refractivity contribution is 5.72. The molecule has 0 unspecified atom stereocenters. The van der Waals surface area contributed by atoms with Crippen molar-refractivity contribution in [1.29, 1.82) is 0 Å². The molecule has 7 heteroatoms. The van der Waals surface area contributed by atoms with Crippen LogP contribution in [0.25, 0.3) is 11.1 Å². The van der Waals surface area contributed by atoms with Gasteiger partial charge in [0.15, 0.2) is 5.75 Å². The van der Waals surface area contributed by atoms with Gasteiger partial charge < -0.3 is 5.11 Å². The highest BCUT2D eigenvalue weighted by Crippen LogP contribution is 2.31. The predicted molar refractivity (Wildman–Crippen MR) is 80.4 cm³/mol. The number of aryl methyl sites for hydroxylation is 2. The third-order valence-corrected chi connectivity index (χ3v) is 3.43. The number of aromatic hydroxyl groups is 1. The second-order valence-electron chi connectivity index (χ2n) is 5.31. The first-order valence-corrected chi connectivity index (χ1v) is 7.20. The summed E-state index contributed by atoms with van der Waals surface area (Å²) in [7, 11) is 0. The first-order valence-electron chi connectivity index (χ1n) is 7.20. The van der Waals surface area contributed by atoms with E-state index in [0.29, 0.717) is 22.2 Å². The Morgan fingerprint density at radius 2 is 1.91 bits per heavy atom. The van der Waals surface area contributed by atoms with Crippen LogP contribution in [0.3, 0.4) is 0 Å². The van der Waals surface area contributed by atoms with Crippen molar-refractivity contribution in [1.82, 2.24) is 9.78 Å². The molecule has 124 valence electrons. The van der Waals surface area contributed by atoms with Crippen LogP contribution in [0.15, 0.2) is 29.1 Å². The molecule has 4 nitrogen and oxygen atoms in total. The molecular formula is C16H17F3N2O2. The van der Waals surface area contributed by atoms with Gasteiger partial charge in [0.05, 0.1) is 5.56 Å². The summed E-state index contributed by atoms with van der Waals surface area (Å²) in [6.45, 7) is 2.05. The first-order chi connectivity index (χ1) is 10.7. The summed E-state index contributed by atoms with van der Waals surface area (Å²) in [5.74, 6) is -0.343. The summed E-state index contributed by atoms with van der Waals surface area (Å²) in [5, 5.41) is 14.0. The third-order valence-electron chi connectivity index (χ3n) is 3.43. The third kappa shape index (κ3) is 3.72. The van der Waals surface area contributed by atoms with Gasteiger partial charge in [-0.3, -0.25) is 4.79 Å². The van der Waals surface area contributed by atoms with Gasteiger partial charge in [-0.1, -0.05) is 37.6 Å². The summed E-state index contributed by atoms with van der Waals surface area (Å²) in [5.41, 5.74) is 0.104. The van der Waals surface area contributed by atoms with Crippen molar-refractivity contribution in [2.75, 3.05) is 0 Å². The Kier molecular flexibility index (Phi) is 4.77. The zero-order valence-corrected chi connectivity index (χ0v) is 12.8. The summed E-state index contributed by atoms with van der Waals surface area (Å²) in [4.78, 5) is 12.4. The largest absolute Gasteiger partial charge is 0.505 e. The molecule has 0 amide bonds. The molecule has 0 aliphatic heterocycles. The van der Waals surface area contributed by atoms with Crippen LogP contribution < -0.4 is 5.56 Å². The van der Waals surface area contributed by atoms with Crippen LogP contribution in [0.2, 0.25) is 0 Å². The van der Waals surface area contributed by atoms with Crippen LogP contribution in [0.5, 0.6) is 5.75 Å². The van der Waals surface area contributed by atoms with Gasteiger partial charge in [0.2, 0.25) is 0 Å². The van der Waals surface area contributed by atoms with Crippen molar-refractivity contribution in [2.24, 2.45) is 0 Å². The molecule has 0 aliphatic carbocycles. The van der Waals surface area contributed by atoms with E-state index >= 15 is 0 Å². The smallest absolute Gasteiger partial charge is 0.408 e. The van der Waals surface area contributed by atoms with Crippen molar-refractivity contribution in [2.45, 2.75) is 39.4 Å². The fourth-order valence-corrected chi connectivity index (χ4v) is 2.39. The van der Waals surface area contributed by atoms with Crippen molar-refractivity contribution in [3.8, 4) is 16.9 Å². The van der Waals surface area contributed by atoms with E-state index in [2.05, 4.69) is 5.10 Å². The quantitative estimate of drug-likeness (QED) is 0.936. The minimum absolute atomic E-state index is 0.0922. The van der Waals surface area contributed by atoms with E-state index in [1.807, 2.05) is 6.92 Å². The maximum absolute atomic E-state index is 12.7. The molecule has 1 heterocycles. The van der Waals surface area contributed by atoms with Gasteiger partial charge in [0, 0.05) is 0 Å². The Labute approximate surface area is 131 Å². The number of aromatic nitrogens is 2. The summed E-state index contributed by atoms with van der Waals surface area (Å²) >= 11 is 0. The van der Waals surface area contributed by atoms with E-state index in [0.717, 1.165) is 0 Å². The standard InChI is InChI=1S/C16H17F3N2O2/c1-3-6-12-14(22)13(11-8-5-4-7-10(11)2)15(23)21(20-12)9-16(17,18)19/h4-5,7-8,22H,3,6,9H2,1-2H3. The molecule has 0 saturated heterocycles. The molecule has 2 aromatic rings. The molecule has 2 rings (SSSR count). The zero-order valence-electron chi connectivity index (χ0n) is 12.8. The average Bonchev–Trinajstić information content (AvgIpc) is 2.45. The van der Waals surface area contributed by atoms with Crippen molar-refractivity contribution in [3.63, 3.8) is 0 Å². The minimum atomic E-state index is -4.57. The maximum atomic E-state index is 12.7. The Bertz CT molecular complexity index is 767. The van der Waals surface area contributed by atoms with E-state index in [-0.39, 0.29) is 23.4 Å². The molecule has 1 aromatic heterocycles. The van der Waals surface area contributed by atoms with E-state index in [9.17, 15) is 23.1 Å². The summed E-state index contributed by atoms with van der Waals surface area (Å²) in [6.07, 6.45) is -3.71. The molecule has 1 aromatic carbocycles. The van der Waals surface area contributed by atoms with Crippen LogP contribution in [0, 0.1) is 6.92 Å². The monoisotopic (exact) mass is 326 g/mol. The molecular weight excluding hydrogens is 309 g/mol. The fraction of sp³-hybridized carbons (Fsp3) is 0.375. The molecule has 0 spiro atoms. The Morgan fingerprint density at radius 1 is 1.26 bits per heavy atom. The molecule has 0 radical (unpaired) electrons. The second kappa shape index (κ2) is 6.44. The number of alkyl halides is 3. The number of halogens is 3. The summed E-state index contributed by atoms with van der Waals surface area (Å²) < 4.78 is 38.5. The second-order valence-corrected chi connectivity index (χ2v) is 5.31. The first kappa shape index (κ1) is 17.1. The van der Waals surface area contributed by atoms with Gasteiger partial charge >= 0.3 is 6.18 Å². The van der Waals surface area contributed by atoms with Crippen molar-refractivity contribution >= 4 is 0 Å². The molecule has 0 atom stereocenters. The number of hydrogen-bond acceptors (Lipinski definition) is 3. The van der Waals surface area contributed by atoms with Crippen LogP contribution >= 0.6 is 0 Å². The van der Waals surface area contributed by atoms with E-state index < -0.39 is 18.3 Å². The van der Waals surface area contributed by atoms with Crippen LogP contribution in [0.4, 0.5) is 13.2 Å². The normalized spacial score (nSPS) is 11.7. The highest BCUT2D eigenvalue weighted by Gasteiger charge is 2.31. The van der Waals surface area contributed by atoms with Gasteiger partial charge in [0.1, 0.15) is 12.2 Å². The lowest BCUT2D eigenvalue weighted by molar-refractivity contribution is -0.143. The summed E-state index contributed by atoms with van der Waals surface area (Å²) in [6, 6.07) is 6.73. The van der Waals surface area contributed by atoms with Crippen molar-refractivity contribution in [3.05, 3.63) is 45.9 Å². The van der Waals surface area contributed by atoms with Gasteiger partial charge in [0.25, 0.3) is 5.56 Å². The van der Waals surface area contributed by atoms with Gasteiger partial charge in [-0.2, -0.15) is 18.3 Å². The Morgan fingerprint density at radius 3 is 2.48 bits per heavy atom. The topological polar surface area (TPSA) is 55.1 Å². The lowest BCUT2D eigenvalue weighted by Gasteiger charge is -2.15. The van der Waals surface area contributed by atoms with Crippen LogP contribution in [0.1, 0.15) is 24.6 Å². The van der Waals surface area contributed by atoms with E-state index in [1.165, 1.54) is 0 Å². The number of hydrogen-bond donors (Lipinski definition) is 1. The fourth-order valence-electron chi connectivity index (χ4n) is 2.39. The molecule has 0 bridgehead atoms. The van der Waals surface area contributed by atoms with Gasteiger partial charge in [-0.15, -0.1) is 0 Å². The SMILES string of the molecule is CCCc1nn(CC(F)(F)F)c(=O)c(-c2ccccc2C)c1O. The number of rotatable bonds is 4. The lowest BCUT2D eigenvalue weighted by Crippen LogP contribution is -2.32. The minimum Gasteiger partial charge on any atom is -0.505 e. The van der Waals surface area contributed by atoms with Crippen LogP contribution in [-0.4, -0.2) is 21.1 Å². The number of benzene rings is 1. The predicted octanol–water partition coefficient (Wildman–Crippen LogP) is 3.44. The Balaban J connectivity index is 2.74. The van der Waals surface area contributed by atoms with Crippen molar-refractivity contribution < 1.29 is 18.3 Å². The van der Waals surface area contributed by atoms with E-state index in [4.69, 9.17) is 0 Å². The maximum Gasteiger partial charge on any atom is 0.408 e. The van der Waals surface area contributed by atoms with Gasteiger partial charge in [-0.25, -0.2) is 4.68 Å². The Hall–Kier alpha value is -2.31. The van der Waals surface area contributed by atoms with Crippen LogP contribution in [-0.2, 0) is 13.0 Å². The van der Waals surface area contributed by atoms with E-state index in [1.54, 1.807) is 31.2 Å². The molecule has 1 N–H and O–H groups in total. The highest BCUT2D eigenvalue weighted by atomic mass is 19.4. The molecule has 23 heavy (non-hydrogen) atoms. The zero-order chi connectivity index (χ0) is 17.2. The molecule has 0 aliphatic rings. The van der Waals surface area contributed by atoms with Gasteiger partial charge in [-0.05, 0) is 24.5 Å². The molecule has 0 fully saturated rings. The molecule has 0 saturated carbocycles. The number of nitrogens with zero attached hydrogens (tertiary/aromatic N) is 2. The lowest BCUT2D eigenvalue weighted by atomic mass is 10.00.